The van der Waals surface area contributed by atoms with Gasteiger partial charge in [-0.05, 0) is 12.1 Å². The Kier molecular flexibility index (Phi) is 5.40. The summed E-state index contributed by atoms with van der Waals surface area (Å²) in [5.41, 5.74) is 0.965. The average molecular weight is 363 g/mol. The van der Waals surface area contributed by atoms with Gasteiger partial charge in [0.05, 0.1) is 30.5 Å². The van der Waals surface area contributed by atoms with Crippen LogP contribution in [0.15, 0.2) is 29.6 Å². The van der Waals surface area contributed by atoms with Crippen molar-refractivity contribution in [3.05, 3.63) is 46.2 Å². The third-order valence-electron chi connectivity index (χ3n) is 3.95. The predicted molar refractivity (Wildman–Crippen MR) is 91.5 cm³/mol. The molecule has 0 bridgehead atoms. The number of aromatic nitrogens is 1. The van der Waals surface area contributed by atoms with E-state index in [1.54, 1.807) is 25.3 Å². The summed E-state index contributed by atoms with van der Waals surface area (Å²) in [4.78, 5) is 30.1. The number of halogens is 1. The first-order valence-corrected chi connectivity index (χ1v) is 8.71. The Morgan fingerprint density at radius 3 is 3.04 bits per heavy atom. The van der Waals surface area contributed by atoms with Gasteiger partial charge >= 0.3 is 0 Å². The summed E-state index contributed by atoms with van der Waals surface area (Å²) in [7, 11) is 1.60. The number of thiazole rings is 1. The number of amides is 2. The summed E-state index contributed by atoms with van der Waals surface area (Å²) in [5.74, 6) is -1.44. The fourth-order valence-corrected chi connectivity index (χ4v) is 3.49. The van der Waals surface area contributed by atoms with Crippen LogP contribution in [0.1, 0.15) is 17.1 Å². The third-order valence-corrected chi connectivity index (χ3v) is 4.82. The second-order valence-electron chi connectivity index (χ2n) is 5.74. The Balaban J connectivity index is 1.58. The standard InChI is InChI=1S/C17H18FN3O3S/c1-24-9-15-20-12(10-25-15)7-19-17(23)11-6-16(22)21(8-11)14-5-3-2-4-13(14)18/h2-5,10-11H,6-9H2,1H3,(H,19,23). The molecule has 1 aliphatic heterocycles. The average Bonchev–Trinajstić information content (AvgIpc) is 3.20. The zero-order chi connectivity index (χ0) is 17.8. The molecule has 3 rings (SSSR count). The Labute approximate surface area is 148 Å². The normalized spacial score (nSPS) is 17.1. The van der Waals surface area contributed by atoms with Crippen LogP contribution in [0.3, 0.4) is 0 Å². The van der Waals surface area contributed by atoms with Crippen molar-refractivity contribution in [2.24, 2.45) is 5.92 Å². The molecule has 2 heterocycles. The summed E-state index contributed by atoms with van der Waals surface area (Å²) in [6, 6.07) is 6.07. The van der Waals surface area contributed by atoms with Gasteiger partial charge in [0.1, 0.15) is 10.8 Å². The quantitative estimate of drug-likeness (QED) is 0.853. The van der Waals surface area contributed by atoms with Gasteiger partial charge in [-0.3, -0.25) is 9.59 Å². The first kappa shape index (κ1) is 17.5. The topological polar surface area (TPSA) is 71.5 Å². The van der Waals surface area contributed by atoms with E-state index in [1.807, 2.05) is 5.38 Å². The zero-order valence-corrected chi connectivity index (χ0v) is 14.5. The van der Waals surface area contributed by atoms with Gasteiger partial charge in [-0.2, -0.15) is 0 Å². The van der Waals surface area contributed by atoms with Crippen molar-refractivity contribution < 1.29 is 18.7 Å². The molecular formula is C17H18FN3O3S. The lowest BCUT2D eigenvalue weighted by molar-refractivity contribution is -0.126. The molecule has 6 nitrogen and oxygen atoms in total. The number of nitrogens with one attached hydrogen (secondary N) is 1. The fourth-order valence-electron chi connectivity index (χ4n) is 2.73. The summed E-state index contributed by atoms with van der Waals surface area (Å²) >= 11 is 1.47. The molecule has 1 saturated heterocycles. The van der Waals surface area contributed by atoms with Gasteiger partial charge < -0.3 is 15.0 Å². The predicted octanol–water partition coefficient (Wildman–Crippen LogP) is 2.10. The van der Waals surface area contributed by atoms with E-state index in [-0.39, 0.29) is 30.5 Å². The minimum atomic E-state index is -0.496. The Hall–Kier alpha value is -2.32. The van der Waals surface area contributed by atoms with Crippen LogP contribution in [0.5, 0.6) is 0 Å². The van der Waals surface area contributed by atoms with Gasteiger partial charge in [0.25, 0.3) is 0 Å². The Morgan fingerprint density at radius 2 is 2.28 bits per heavy atom. The van der Waals surface area contributed by atoms with Crippen LogP contribution < -0.4 is 10.2 Å². The van der Waals surface area contributed by atoms with Crippen LogP contribution in [0.25, 0.3) is 0 Å². The molecule has 1 aliphatic rings. The molecule has 0 radical (unpaired) electrons. The number of ether oxygens (including phenoxy) is 1. The van der Waals surface area contributed by atoms with Crippen molar-refractivity contribution >= 4 is 28.8 Å². The van der Waals surface area contributed by atoms with Crippen molar-refractivity contribution in [2.45, 2.75) is 19.6 Å². The van der Waals surface area contributed by atoms with Crippen molar-refractivity contribution in [2.75, 3.05) is 18.6 Å². The number of anilines is 1. The van der Waals surface area contributed by atoms with Crippen LogP contribution in [0.4, 0.5) is 10.1 Å². The van der Waals surface area contributed by atoms with Crippen molar-refractivity contribution in [1.29, 1.82) is 0 Å². The van der Waals surface area contributed by atoms with E-state index < -0.39 is 11.7 Å². The summed E-state index contributed by atoms with van der Waals surface area (Å²) in [6.45, 7) is 0.911. The number of hydrogen-bond donors (Lipinski definition) is 1. The largest absolute Gasteiger partial charge is 0.378 e. The SMILES string of the molecule is COCc1nc(CNC(=O)C2CC(=O)N(c3ccccc3F)C2)cs1. The molecular weight excluding hydrogens is 345 g/mol. The van der Waals surface area contributed by atoms with Crippen molar-refractivity contribution in [3.63, 3.8) is 0 Å². The smallest absolute Gasteiger partial charge is 0.227 e. The van der Waals surface area contributed by atoms with E-state index in [2.05, 4.69) is 10.3 Å². The lowest BCUT2D eigenvalue weighted by Gasteiger charge is -2.17. The molecule has 2 aromatic rings. The van der Waals surface area contributed by atoms with Gasteiger partial charge in [0.2, 0.25) is 11.8 Å². The Morgan fingerprint density at radius 1 is 1.48 bits per heavy atom. The van der Waals surface area contributed by atoms with Gasteiger partial charge in [0, 0.05) is 25.5 Å². The molecule has 0 aliphatic carbocycles. The molecule has 25 heavy (non-hydrogen) atoms. The number of carbonyl (C=O) groups excluding carboxylic acids is 2. The number of rotatable bonds is 6. The molecule has 2 amide bonds. The van der Waals surface area contributed by atoms with E-state index in [1.165, 1.54) is 22.3 Å². The van der Waals surface area contributed by atoms with Crippen LogP contribution in [-0.2, 0) is 27.5 Å². The minimum absolute atomic E-state index is 0.0756. The van der Waals surface area contributed by atoms with Crippen LogP contribution in [0.2, 0.25) is 0 Å². The summed E-state index contributed by atoms with van der Waals surface area (Å²) in [6.07, 6.45) is 0.0756. The number of carbonyl (C=O) groups is 2. The maximum absolute atomic E-state index is 13.9. The van der Waals surface area contributed by atoms with E-state index in [9.17, 15) is 14.0 Å². The second kappa shape index (κ2) is 7.71. The molecule has 1 aromatic heterocycles. The molecule has 1 N–H and O–H groups in total. The van der Waals surface area contributed by atoms with E-state index in [4.69, 9.17) is 4.74 Å². The molecule has 8 heteroatoms. The van der Waals surface area contributed by atoms with Gasteiger partial charge in [0.15, 0.2) is 0 Å². The highest BCUT2D eigenvalue weighted by Gasteiger charge is 2.36. The molecule has 0 spiro atoms. The highest BCUT2D eigenvalue weighted by Crippen LogP contribution is 2.27. The lowest BCUT2D eigenvalue weighted by atomic mass is 10.1. The van der Waals surface area contributed by atoms with E-state index >= 15 is 0 Å². The van der Waals surface area contributed by atoms with Crippen molar-refractivity contribution in [1.82, 2.24) is 10.3 Å². The third kappa shape index (κ3) is 4.02. The monoisotopic (exact) mass is 363 g/mol. The maximum Gasteiger partial charge on any atom is 0.227 e. The molecule has 132 valence electrons. The summed E-state index contributed by atoms with van der Waals surface area (Å²) < 4.78 is 18.9. The lowest BCUT2D eigenvalue weighted by Crippen LogP contribution is -2.32. The van der Waals surface area contributed by atoms with E-state index in [0.717, 1.165) is 10.7 Å². The number of para-hydroxylation sites is 1. The molecule has 1 fully saturated rings. The van der Waals surface area contributed by atoms with Gasteiger partial charge in [-0.1, -0.05) is 12.1 Å². The van der Waals surface area contributed by atoms with Gasteiger partial charge in [-0.25, -0.2) is 9.37 Å². The van der Waals surface area contributed by atoms with Crippen LogP contribution in [-0.4, -0.2) is 30.5 Å². The number of nitrogens with zero attached hydrogens (tertiary/aromatic N) is 2. The summed E-state index contributed by atoms with van der Waals surface area (Å²) in [5, 5.41) is 5.50. The first-order valence-electron chi connectivity index (χ1n) is 7.83. The second-order valence-corrected chi connectivity index (χ2v) is 6.68. The Bertz CT molecular complexity index is 780. The first-order chi connectivity index (χ1) is 12.1. The zero-order valence-electron chi connectivity index (χ0n) is 13.7. The fraction of sp³-hybridized carbons (Fsp3) is 0.353. The highest BCUT2D eigenvalue weighted by atomic mass is 32.1. The van der Waals surface area contributed by atoms with Crippen LogP contribution >= 0.6 is 11.3 Å². The molecule has 0 saturated carbocycles. The van der Waals surface area contributed by atoms with Crippen molar-refractivity contribution in [3.8, 4) is 0 Å². The number of methoxy groups -OCH3 is 1. The number of hydrogen-bond acceptors (Lipinski definition) is 5. The molecule has 1 atom stereocenters. The van der Waals surface area contributed by atoms with Crippen LogP contribution in [0, 0.1) is 11.7 Å². The minimum Gasteiger partial charge on any atom is -0.378 e. The van der Waals surface area contributed by atoms with Gasteiger partial charge in [-0.15, -0.1) is 11.3 Å². The maximum atomic E-state index is 13.9. The molecule has 1 aromatic carbocycles. The molecule has 1 unspecified atom stereocenters. The highest BCUT2D eigenvalue weighted by molar-refractivity contribution is 7.09. The van der Waals surface area contributed by atoms with E-state index in [0.29, 0.717) is 13.2 Å². The number of benzene rings is 1.